The lowest BCUT2D eigenvalue weighted by atomic mass is 9.84. The fourth-order valence-corrected chi connectivity index (χ4v) is 3.37. The molecule has 0 saturated heterocycles. The van der Waals surface area contributed by atoms with Gasteiger partial charge in [-0.05, 0) is 17.5 Å². The SMILES string of the molecule is COC(=O)CC(Nc1cc(-c2ccco2)nc(-c2c[nH]c3ncc(Cl)nc23)n1)C(C)(C)C. The number of aromatic amines is 1. The smallest absolute Gasteiger partial charge is 0.307 e. The van der Waals surface area contributed by atoms with Crippen LogP contribution in [0.15, 0.2) is 41.3 Å². The number of methoxy groups -OCH3 is 1. The summed E-state index contributed by atoms with van der Waals surface area (Å²) >= 11 is 6.06. The number of rotatable bonds is 6. The summed E-state index contributed by atoms with van der Waals surface area (Å²) in [6.07, 6.45) is 4.97. The minimum Gasteiger partial charge on any atom is -0.469 e. The topological polar surface area (TPSA) is 119 Å². The Morgan fingerprint density at radius 2 is 2.12 bits per heavy atom. The van der Waals surface area contributed by atoms with Gasteiger partial charge in [0.2, 0.25) is 0 Å². The van der Waals surface area contributed by atoms with Crippen molar-refractivity contribution in [1.29, 1.82) is 0 Å². The number of furan rings is 1. The number of carbonyl (C=O) groups is 1. The molecule has 1 atom stereocenters. The molecule has 0 radical (unpaired) electrons. The van der Waals surface area contributed by atoms with Crippen LogP contribution in [0.5, 0.6) is 0 Å². The second-order valence-corrected chi connectivity index (χ2v) is 8.76. The highest BCUT2D eigenvalue weighted by atomic mass is 35.5. The summed E-state index contributed by atoms with van der Waals surface area (Å²) in [6, 6.07) is 5.15. The molecule has 0 fully saturated rings. The highest BCUT2D eigenvalue weighted by Crippen LogP contribution is 2.31. The highest BCUT2D eigenvalue weighted by Gasteiger charge is 2.28. The molecule has 2 N–H and O–H groups in total. The maximum Gasteiger partial charge on any atom is 0.307 e. The van der Waals surface area contributed by atoms with E-state index in [1.807, 2.05) is 26.8 Å². The first-order valence-electron chi connectivity index (χ1n) is 10.0. The Morgan fingerprint density at radius 3 is 2.81 bits per heavy atom. The van der Waals surface area contributed by atoms with E-state index in [2.05, 4.69) is 25.3 Å². The van der Waals surface area contributed by atoms with Crippen LogP contribution in [0, 0.1) is 5.41 Å². The van der Waals surface area contributed by atoms with Crippen LogP contribution in [0.3, 0.4) is 0 Å². The number of hydrogen-bond acceptors (Lipinski definition) is 8. The second-order valence-electron chi connectivity index (χ2n) is 8.37. The molecule has 4 rings (SSSR count). The summed E-state index contributed by atoms with van der Waals surface area (Å²) in [6.45, 7) is 6.13. The van der Waals surface area contributed by atoms with E-state index in [0.29, 0.717) is 39.8 Å². The number of esters is 1. The number of carbonyl (C=O) groups excluding carboxylic acids is 1. The number of nitrogens with one attached hydrogen (secondary N) is 2. The first kappa shape index (κ1) is 21.8. The molecule has 0 aliphatic rings. The summed E-state index contributed by atoms with van der Waals surface area (Å²) in [5.41, 5.74) is 2.11. The van der Waals surface area contributed by atoms with Crippen LogP contribution >= 0.6 is 11.6 Å². The van der Waals surface area contributed by atoms with Crippen molar-refractivity contribution in [3.8, 4) is 22.8 Å². The third-order valence-electron chi connectivity index (χ3n) is 5.06. The van der Waals surface area contributed by atoms with E-state index in [9.17, 15) is 4.79 Å². The monoisotopic (exact) mass is 454 g/mol. The van der Waals surface area contributed by atoms with Crippen molar-refractivity contribution in [2.75, 3.05) is 12.4 Å². The predicted octanol–water partition coefficient (Wildman–Crippen LogP) is 4.72. The Balaban J connectivity index is 1.81. The maximum atomic E-state index is 12.0. The summed E-state index contributed by atoms with van der Waals surface area (Å²) in [7, 11) is 1.38. The minimum atomic E-state index is -0.306. The summed E-state index contributed by atoms with van der Waals surface area (Å²) in [5, 5.41) is 3.65. The molecule has 166 valence electrons. The third-order valence-corrected chi connectivity index (χ3v) is 5.24. The van der Waals surface area contributed by atoms with Crippen molar-refractivity contribution in [3.63, 3.8) is 0 Å². The van der Waals surface area contributed by atoms with Crippen LogP contribution in [-0.2, 0) is 9.53 Å². The van der Waals surface area contributed by atoms with Crippen molar-refractivity contribution in [3.05, 3.63) is 42.0 Å². The first-order chi connectivity index (χ1) is 15.2. The van der Waals surface area contributed by atoms with Crippen LogP contribution in [0.25, 0.3) is 34.0 Å². The number of H-pyrrole nitrogens is 1. The first-order valence-corrected chi connectivity index (χ1v) is 10.4. The van der Waals surface area contributed by atoms with Gasteiger partial charge in [-0.1, -0.05) is 32.4 Å². The molecule has 4 heterocycles. The molecule has 9 nitrogen and oxygen atoms in total. The van der Waals surface area contributed by atoms with Crippen LogP contribution < -0.4 is 5.32 Å². The Hall–Kier alpha value is -3.46. The second kappa shape index (κ2) is 8.58. The van der Waals surface area contributed by atoms with Gasteiger partial charge in [-0.2, -0.15) is 0 Å². The third kappa shape index (κ3) is 4.57. The summed E-state index contributed by atoms with van der Waals surface area (Å²) in [4.78, 5) is 33.1. The lowest BCUT2D eigenvalue weighted by Crippen LogP contribution is -2.36. The predicted molar refractivity (Wildman–Crippen MR) is 121 cm³/mol. The van der Waals surface area contributed by atoms with Crippen molar-refractivity contribution >= 4 is 34.6 Å². The van der Waals surface area contributed by atoms with Crippen molar-refractivity contribution in [2.45, 2.75) is 33.2 Å². The van der Waals surface area contributed by atoms with Gasteiger partial charge in [0.05, 0.1) is 31.6 Å². The average Bonchev–Trinajstić information content (AvgIpc) is 3.42. The van der Waals surface area contributed by atoms with Gasteiger partial charge in [0, 0.05) is 18.3 Å². The summed E-state index contributed by atoms with van der Waals surface area (Å²) < 4.78 is 10.4. The Morgan fingerprint density at radius 1 is 1.31 bits per heavy atom. The molecule has 10 heteroatoms. The maximum absolute atomic E-state index is 12.0. The molecule has 1 unspecified atom stereocenters. The number of fused-ring (bicyclic) bond motifs is 1. The van der Waals surface area contributed by atoms with Gasteiger partial charge in [-0.25, -0.2) is 19.9 Å². The van der Waals surface area contributed by atoms with Crippen molar-refractivity contribution in [2.24, 2.45) is 5.41 Å². The lowest BCUT2D eigenvalue weighted by Gasteiger charge is -2.31. The average molecular weight is 455 g/mol. The molecular weight excluding hydrogens is 432 g/mol. The number of aromatic nitrogens is 5. The van der Waals surface area contributed by atoms with E-state index in [0.717, 1.165) is 0 Å². The molecule has 0 bridgehead atoms. The van der Waals surface area contributed by atoms with E-state index in [4.69, 9.17) is 25.7 Å². The molecule has 0 aliphatic carbocycles. The standard InChI is InChI=1S/C22H23ClN6O3/c1-22(2,3)15(9-18(30)31-4)27-17-8-13(14-6-5-7-32-14)26-20(29-17)12-10-24-21-19(12)28-16(23)11-25-21/h5-8,10-11,15H,9H2,1-4H3,(H,24,25)(H,26,27,29). The number of nitrogens with zero attached hydrogens (tertiary/aromatic N) is 4. The molecule has 0 aromatic carbocycles. The van der Waals surface area contributed by atoms with E-state index >= 15 is 0 Å². The van der Waals surface area contributed by atoms with Crippen LogP contribution in [-0.4, -0.2) is 44.0 Å². The molecule has 32 heavy (non-hydrogen) atoms. The Kier molecular flexibility index (Phi) is 5.84. The van der Waals surface area contributed by atoms with Gasteiger partial charge >= 0.3 is 5.97 Å². The Bertz CT molecular complexity index is 1250. The quantitative estimate of drug-likeness (QED) is 0.402. The van der Waals surface area contributed by atoms with E-state index < -0.39 is 0 Å². The van der Waals surface area contributed by atoms with Crippen molar-refractivity contribution < 1.29 is 13.9 Å². The van der Waals surface area contributed by atoms with E-state index in [1.165, 1.54) is 13.3 Å². The zero-order chi connectivity index (χ0) is 22.9. The van der Waals surface area contributed by atoms with Crippen LogP contribution in [0.4, 0.5) is 5.82 Å². The molecule has 4 aromatic rings. The molecular formula is C22H23ClN6O3. The van der Waals surface area contributed by atoms with Crippen LogP contribution in [0.1, 0.15) is 27.2 Å². The van der Waals surface area contributed by atoms with Gasteiger partial charge < -0.3 is 19.5 Å². The molecule has 4 aromatic heterocycles. The zero-order valence-electron chi connectivity index (χ0n) is 18.1. The fourth-order valence-electron chi connectivity index (χ4n) is 3.23. The molecule has 0 spiro atoms. The normalized spacial score (nSPS) is 12.7. The van der Waals surface area contributed by atoms with Gasteiger partial charge in [-0.15, -0.1) is 0 Å². The van der Waals surface area contributed by atoms with Gasteiger partial charge in [0.15, 0.2) is 17.2 Å². The van der Waals surface area contributed by atoms with Crippen LogP contribution in [0.2, 0.25) is 5.15 Å². The van der Waals surface area contributed by atoms with Gasteiger partial charge in [0.25, 0.3) is 0 Å². The minimum absolute atomic E-state index is 0.184. The fraction of sp³-hybridized carbons (Fsp3) is 0.318. The molecule has 0 aliphatic heterocycles. The largest absolute Gasteiger partial charge is 0.469 e. The van der Waals surface area contributed by atoms with E-state index in [-0.39, 0.29) is 29.0 Å². The summed E-state index contributed by atoms with van der Waals surface area (Å²) in [5.74, 6) is 1.23. The number of anilines is 1. The molecule has 0 saturated carbocycles. The zero-order valence-corrected chi connectivity index (χ0v) is 18.9. The highest BCUT2D eigenvalue weighted by molar-refractivity contribution is 6.29. The number of hydrogen-bond donors (Lipinski definition) is 2. The number of halogens is 1. The van der Waals surface area contributed by atoms with E-state index in [1.54, 1.807) is 24.6 Å². The van der Waals surface area contributed by atoms with Gasteiger partial charge in [-0.3, -0.25) is 4.79 Å². The van der Waals surface area contributed by atoms with Gasteiger partial charge in [0.1, 0.15) is 22.2 Å². The van der Waals surface area contributed by atoms with Crippen molar-refractivity contribution in [1.82, 2.24) is 24.9 Å². The molecule has 0 amide bonds. The Labute approximate surface area is 189 Å². The number of ether oxygens (including phenoxy) is 1. The lowest BCUT2D eigenvalue weighted by molar-refractivity contribution is -0.141.